The molecule has 0 fully saturated rings. The molecule has 0 spiro atoms. The molecule has 4 heteroatoms. The van der Waals surface area contributed by atoms with Crippen molar-refractivity contribution in [1.82, 2.24) is 9.55 Å². The van der Waals surface area contributed by atoms with Crippen LogP contribution in [0, 0.1) is 0 Å². The van der Waals surface area contributed by atoms with Gasteiger partial charge in [0.05, 0.1) is 12.0 Å². The van der Waals surface area contributed by atoms with Crippen LogP contribution < -0.4 is 5.73 Å². The van der Waals surface area contributed by atoms with Crippen LogP contribution in [0.25, 0.3) is 0 Å². The molecule has 0 amide bonds. The van der Waals surface area contributed by atoms with E-state index in [0.29, 0.717) is 5.69 Å². The summed E-state index contributed by atoms with van der Waals surface area (Å²) in [5, 5.41) is 9.51. The lowest BCUT2D eigenvalue weighted by molar-refractivity contribution is 0.182. The molecule has 1 unspecified atom stereocenters. The number of rotatable bonds is 4. The summed E-state index contributed by atoms with van der Waals surface area (Å²) in [6, 6.07) is 10.1. The predicted molar refractivity (Wildman–Crippen MR) is 61.8 cm³/mol. The highest BCUT2D eigenvalue weighted by Gasteiger charge is 2.08. The molecule has 0 bridgehead atoms. The summed E-state index contributed by atoms with van der Waals surface area (Å²) >= 11 is 0. The Balaban J connectivity index is 2.09. The van der Waals surface area contributed by atoms with Crippen molar-refractivity contribution < 1.29 is 5.11 Å². The Bertz CT molecular complexity index is 439. The average molecular weight is 217 g/mol. The number of aliphatic hydroxyl groups is 1. The highest BCUT2D eigenvalue weighted by Crippen LogP contribution is 2.09. The van der Waals surface area contributed by atoms with E-state index in [9.17, 15) is 5.11 Å². The summed E-state index contributed by atoms with van der Waals surface area (Å²) in [5.41, 5.74) is 7.19. The molecule has 0 aliphatic rings. The normalized spacial score (nSPS) is 12.6. The van der Waals surface area contributed by atoms with Crippen molar-refractivity contribution in [2.45, 2.75) is 12.6 Å². The molecule has 0 aliphatic carbocycles. The number of nitrogens with two attached hydrogens (primary N) is 1. The first-order valence-electron chi connectivity index (χ1n) is 5.23. The SMILES string of the molecule is NCC(O)c1cn(Cc2ccccc2)cn1. The van der Waals surface area contributed by atoms with E-state index in [1.165, 1.54) is 5.56 Å². The molecular weight excluding hydrogens is 202 g/mol. The van der Waals surface area contributed by atoms with Crippen molar-refractivity contribution in [3.63, 3.8) is 0 Å². The molecule has 0 aliphatic heterocycles. The van der Waals surface area contributed by atoms with Crippen LogP contribution in [-0.4, -0.2) is 21.2 Å². The molecule has 0 saturated heterocycles. The highest BCUT2D eigenvalue weighted by atomic mass is 16.3. The Morgan fingerprint density at radius 1 is 1.31 bits per heavy atom. The molecule has 16 heavy (non-hydrogen) atoms. The number of aromatic nitrogens is 2. The van der Waals surface area contributed by atoms with Crippen LogP contribution in [-0.2, 0) is 6.54 Å². The van der Waals surface area contributed by atoms with Gasteiger partial charge in [-0.2, -0.15) is 0 Å². The lowest BCUT2D eigenvalue weighted by Crippen LogP contribution is -2.11. The van der Waals surface area contributed by atoms with Gasteiger partial charge >= 0.3 is 0 Å². The number of aliphatic hydroxyl groups excluding tert-OH is 1. The van der Waals surface area contributed by atoms with E-state index in [1.807, 2.05) is 29.0 Å². The van der Waals surface area contributed by atoms with Gasteiger partial charge in [0.2, 0.25) is 0 Å². The first-order valence-corrected chi connectivity index (χ1v) is 5.23. The Morgan fingerprint density at radius 3 is 2.75 bits per heavy atom. The molecule has 0 radical (unpaired) electrons. The lowest BCUT2D eigenvalue weighted by Gasteiger charge is -2.03. The second-order valence-electron chi connectivity index (χ2n) is 3.71. The summed E-state index contributed by atoms with van der Waals surface area (Å²) < 4.78 is 1.93. The maximum Gasteiger partial charge on any atom is 0.110 e. The molecule has 2 rings (SSSR count). The standard InChI is InChI=1S/C12H15N3O/c13-6-12(16)11-8-15(9-14-11)7-10-4-2-1-3-5-10/h1-5,8-9,12,16H,6-7,13H2. The zero-order chi connectivity index (χ0) is 11.4. The fraction of sp³-hybridized carbons (Fsp3) is 0.250. The minimum atomic E-state index is -0.669. The van der Waals surface area contributed by atoms with E-state index >= 15 is 0 Å². The molecule has 1 heterocycles. The minimum Gasteiger partial charge on any atom is -0.385 e. The summed E-state index contributed by atoms with van der Waals surface area (Å²) in [4.78, 5) is 4.12. The molecule has 4 nitrogen and oxygen atoms in total. The molecule has 1 atom stereocenters. The Labute approximate surface area is 94.4 Å². The smallest absolute Gasteiger partial charge is 0.110 e. The van der Waals surface area contributed by atoms with Crippen LogP contribution in [0.5, 0.6) is 0 Å². The van der Waals surface area contributed by atoms with Gasteiger partial charge in [-0.05, 0) is 5.56 Å². The first-order chi connectivity index (χ1) is 7.79. The van der Waals surface area contributed by atoms with Crippen LogP contribution in [0.2, 0.25) is 0 Å². The predicted octanol–water partition coefficient (Wildman–Crippen LogP) is 0.923. The van der Waals surface area contributed by atoms with E-state index in [0.717, 1.165) is 6.54 Å². The van der Waals surface area contributed by atoms with E-state index in [2.05, 4.69) is 17.1 Å². The van der Waals surface area contributed by atoms with Gasteiger partial charge in [0.1, 0.15) is 6.10 Å². The summed E-state index contributed by atoms with van der Waals surface area (Å²) in [6.07, 6.45) is 2.86. The van der Waals surface area contributed by atoms with Crippen LogP contribution in [0.3, 0.4) is 0 Å². The van der Waals surface area contributed by atoms with Crippen molar-refractivity contribution >= 4 is 0 Å². The van der Waals surface area contributed by atoms with Crippen LogP contribution >= 0.6 is 0 Å². The third kappa shape index (κ3) is 2.48. The molecule has 2 aromatic rings. The Hall–Kier alpha value is -1.65. The molecule has 0 saturated carbocycles. The second kappa shape index (κ2) is 4.92. The van der Waals surface area contributed by atoms with Crippen molar-refractivity contribution in [3.8, 4) is 0 Å². The van der Waals surface area contributed by atoms with Crippen molar-refractivity contribution in [2.24, 2.45) is 5.73 Å². The zero-order valence-corrected chi connectivity index (χ0v) is 8.95. The van der Waals surface area contributed by atoms with Gasteiger partial charge in [0, 0.05) is 19.3 Å². The van der Waals surface area contributed by atoms with Crippen molar-refractivity contribution in [2.75, 3.05) is 6.54 Å². The summed E-state index contributed by atoms with van der Waals surface area (Å²) in [5.74, 6) is 0. The van der Waals surface area contributed by atoms with Crippen molar-refractivity contribution in [1.29, 1.82) is 0 Å². The lowest BCUT2D eigenvalue weighted by atomic mass is 10.2. The molecule has 3 N–H and O–H groups in total. The van der Waals surface area contributed by atoms with Gasteiger partial charge in [-0.25, -0.2) is 4.98 Å². The number of hydrogen-bond acceptors (Lipinski definition) is 3. The second-order valence-corrected chi connectivity index (χ2v) is 3.71. The number of hydrogen-bond donors (Lipinski definition) is 2. The van der Waals surface area contributed by atoms with E-state index in [4.69, 9.17) is 5.73 Å². The number of benzene rings is 1. The average Bonchev–Trinajstić information content (AvgIpc) is 2.78. The maximum atomic E-state index is 9.51. The monoisotopic (exact) mass is 217 g/mol. The third-order valence-electron chi connectivity index (χ3n) is 2.43. The van der Waals surface area contributed by atoms with Gasteiger partial charge in [-0.1, -0.05) is 30.3 Å². The van der Waals surface area contributed by atoms with E-state index in [1.54, 1.807) is 6.33 Å². The Kier molecular flexibility index (Phi) is 3.34. The summed E-state index contributed by atoms with van der Waals surface area (Å²) in [6.45, 7) is 0.952. The molecular formula is C12H15N3O. The minimum absolute atomic E-state index is 0.197. The van der Waals surface area contributed by atoms with Gasteiger partial charge in [-0.15, -0.1) is 0 Å². The quantitative estimate of drug-likeness (QED) is 0.800. The number of nitrogens with zero attached hydrogens (tertiary/aromatic N) is 2. The van der Waals surface area contributed by atoms with Gasteiger partial charge in [0.15, 0.2) is 0 Å². The maximum absolute atomic E-state index is 9.51. The van der Waals surface area contributed by atoms with Crippen LogP contribution in [0.1, 0.15) is 17.4 Å². The fourth-order valence-electron chi connectivity index (χ4n) is 1.55. The fourth-order valence-corrected chi connectivity index (χ4v) is 1.55. The molecule has 84 valence electrons. The van der Waals surface area contributed by atoms with Crippen LogP contribution in [0.15, 0.2) is 42.9 Å². The summed E-state index contributed by atoms with van der Waals surface area (Å²) in [7, 11) is 0. The van der Waals surface area contributed by atoms with E-state index in [-0.39, 0.29) is 6.54 Å². The van der Waals surface area contributed by atoms with Gasteiger partial charge < -0.3 is 15.4 Å². The number of imidazole rings is 1. The van der Waals surface area contributed by atoms with Crippen molar-refractivity contribution in [3.05, 3.63) is 54.1 Å². The Morgan fingerprint density at radius 2 is 2.06 bits per heavy atom. The van der Waals surface area contributed by atoms with Gasteiger partial charge in [-0.3, -0.25) is 0 Å². The molecule has 1 aromatic carbocycles. The topological polar surface area (TPSA) is 64.1 Å². The van der Waals surface area contributed by atoms with Crippen LogP contribution in [0.4, 0.5) is 0 Å². The third-order valence-corrected chi connectivity index (χ3v) is 2.43. The first kappa shape index (κ1) is 10.9. The van der Waals surface area contributed by atoms with Gasteiger partial charge in [0.25, 0.3) is 0 Å². The zero-order valence-electron chi connectivity index (χ0n) is 8.95. The largest absolute Gasteiger partial charge is 0.385 e. The highest BCUT2D eigenvalue weighted by molar-refractivity contribution is 5.15. The van der Waals surface area contributed by atoms with E-state index < -0.39 is 6.10 Å². The molecule has 1 aromatic heterocycles.